The molecule has 2 rings (SSSR count). The third kappa shape index (κ3) is 1.47. The monoisotopic (exact) mass is 271 g/mol. The summed E-state index contributed by atoms with van der Waals surface area (Å²) in [7, 11) is 0. The first-order chi connectivity index (χ1) is 6.59. The van der Waals surface area contributed by atoms with Crippen molar-refractivity contribution in [2.45, 2.75) is 6.92 Å². The largest absolute Gasteiger partial charge is 0.325 e. The maximum absolute atomic E-state index is 11.6. The lowest BCUT2D eigenvalue weighted by molar-refractivity contribution is 1.16. The van der Waals surface area contributed by atoms with Gasteiger partial charge in [0.2, 0.25) is 0 Å². The van der Waals surface area contributed by atoms with Crippen molar-refractivity contribution < 1.29 is 0 Å². The summed E-state index contributed by atoms with van der Waals surface area (Å²) in [6.07, 6.45) is 0. The lowest BCUT2D eigenvalue weighted by atomic mass is 10.1. The van der Waals surface area contributed by atoms with E-state index in [4.69, 9.17) is 11.6 Å². The first-order valence-corrected chi connectivity index (χ1v) is 5.24. The van der Waals surface area contributed by atoms with Crippen molar-refractivity contribution in [1.82, 2.24) is 4.98 Å². The highest BCUT2D eigenvalue weighted by atomic mass is 79.9. The van der Waals surface area contributed by atoms with Gasteiger partial charge in [0.1, 0.15) is 0 Å². The van der Waals surface area contributed by atoms with Gasteiger partial charge in [0, 0.05) is 26.0 Å². The van der Waals surface area contributed by atoms with E-state index >= 15 is 0 Å². The van der Waals surface area contributed by atoms with E-state index in [9.17, 15) is 4.79 Å². The van der Waals surface area contributed by atoms with E-state index in [2.05, 4.69) is 20.9 Å². The number of aromatic nitrogens is 1. The summed E-state index contributed by atoms with van der Waals surface area (Å²) < 4.78 is 0.906. The van der Waals surface area contributed by atoms with Crippen molar-refractivity contribution in [3.05, 3.63) is 43.7 Å². The Morgan fingerprint density at radius 3 is 2.79 bits per heavy atom. The molecule has 1 aromatic carbocycles. The maximum Gasteiger partial charge on any atom is 0.256 e. The molecule has 2 aromatic rings. The van der Waals surface area contributed by atoms with Gasteiger partial charge in [-0.15, -0.1) is 0 Å². The number of H-pyrrole nitrogens is 1. The van der Waals surface area contributed by atoms with Crippen LogP contribution in [0.15, 0.2) is 27.5 Å². The van der Waals surface area contributed by atoms with Crippen LogP contribution < -0.4 is 5.56 Å². The van der Waals surface area contributed by atoms with E-state index < -0.39 is 0 Å². The molecule has 0 aliphatic carbocycles. The Labute approximate surface area is 94.0 Å². The number of pyridine rings is 1. The summed E-state index contributed by atoms with van der Waals surface area (Å²) in [5.41, 5.74) is 0.716. The van der Waals surface area contributed by atoms with Gasteiger partial charge in [-0.25, -0.2) is 0 Å². The van der Waals surface area contributed by atoms with Crippen LogP contribution in [0, 0.1) is 6.92 Å². The van der Waals surface area contributed by atoms with Crippen LogP contribution in [0.5, 0.6) is 0 Å². The molecule has 4 heteroatoms. The Morgan fingerprint density at radius 2 is 2.07 bits per heavy atom. The van der Waals surface area contributed by atoms with Gasteiger partial charge in [0.05, 0.1) is 0 Å². The van der Waals surface area contributed by atoms with E-state index in [0.717, 1.165) is 15.6 Å². The molecule has 0 bridgehead atoms. The zero-order valence-corrected chi connectivity index (χ0v) is 9.74. The Balaban J connectivity index is 3.02. The summed E-state index contributed by atoms with van der Waals surface area (Å²) in [5.74, 6) is 0. The lowest BCUT2D eigenvalue weighted by Gasteiger charge is -2.03. The van der Waals surface area contributed by atoms with E-state index in [1.807, 2.05) is 13.0 Å². The van der Waals surface area contributed by atoms with Crippen molar-refractivity contribution in [3.63, 3.8) is 0 Å². The Morgan fingerprint density at radius 1 is 1.36 bits per heavy atom. The highest BCUT2D eigenvalue weighted by Gasteiger charge is 2.06. The fourth-order valence-electron chi connectivity index (χ4n) is 1.39. The topological polar surface area (TPSA) is 32.9 Å². The normalized spacial score (nSPS) is 10.8. The number of aryl methyl sites for hydroxylation is 1. The predicted octanol–water partition coefficient (Wildman–Crippen LogP) is 3.25. The SMILES string of the molecule is Cc1[nH]c(=O)c2cc(Cl)ccc2c1Br. The van der Waals surface area contributed by atoms with Crippen LogP contribution in [0.25, 0.3) is 10.8 Å². The minimum Gasteiger partial charge on any atom is -0.325 e. The van der Waals surface area contributed by atoms with Crippen LogP contribution in [0.1, 0.15) is 5.69 Å². The number of aromatic amines is 1. The van der Waals surface area contributed by atoms with E-state index in [1.54, 1.807) is 12.1 Å². The molecule has 14 heavy (non-hydrogen) atoms. The number of rotatable bonds is 0. The second kappa shape index (κ2) is 3.41. The fourth-order valence-corrected chi connectivity index (χ4v) is 2.01. The zero-order chi connectivity index (χ0) is 10.3. The molecular formula is C10H7BrClNO. The molecule has 0 aliphatic rings. The number of fused-ring (bicyclic) bond motifs is 1. The number of nitrogens with one attached hydrogen (secondary N) is 1. The number of hydrogen-bond donors (Lipinski definition) is 1. The molecular weight excluding hydrogens is 265 g/mol. The minimum absolute atomic E-state index is 0.108. The van der Waals surface area contributed by atoms with Gasteiger partial charge < -0.3 is 4.98 Å². The smallest absolute Gasteiger partial charge is 0.256 e. The maximum atomic E-state index is 11.6. The molecule has 0 saturated heterocycles. The van der Waals surface area contributed by atoms with Crippen LogP contribution in [-0.2, 0) is 0 Å². The number of halogens is 2. The van der Waals surface area contributed by atoms with Crippen LogP contribution in [0.2, 0.25) is 5.02 Å². The minimum atomic E-state index is -0.108. The zero-order valence-electron chi connectivity index (χ0n) is 7.40. The third-order valence-corrected chi connectivity index (χ3v) is 3.35. The molecule has 1 N–H and O–H groups in total. The first-order valence-electron chi connectivity index (χ1n) is 4.07. The molecule has 0 amide bonds. The Bertz CT molecular complexity index is 562. The Kier molecular flexibility index (Phi) is 2.37. The molecule has 0 atom stereocenters. The summed E-state index contributed by atoms with van der Waals surface area (Å²) in [6, 6.07) is 5.28. The van der Waals surface area contributed by atoms with Gasteiger partial charge in [-0.05, 0) is 35.0 Å². The van der Waals surface area contributed by atoms with E-state index in [1.165, 1.54) is 0 Å². The average molecular weight is 273 g/mol. The van der Waals surface area contributed by atoms with Crippen molar-refractivity contribution >= 4 is 38.3 Å². The molecule has 2 nitrogen and oxygen atoms in total. The molecule has 0 saturated carbocycles. The van der Waals surface area contributed by atoms with Crippen molar-refractivity contribution in [2.75, 3.05) is 0 Å². The summed E-state index contributed by atoms with van der Waals surface area (Å²) in [5, 5.41) is 2.06. The molecule has 0 aliphatic heterocycles. The average Bonchev–Trinajstić information content (AvgIpc) is 2.14. The highest BCUT2D eigenvalue weighted by Crippen LogP contribution is 2.25. The van der Waals surface area contributed by atoms with Crippen molar-refractivity contribution in [3.8, 4) is 0 Å². The number of hydrogen-bond acceptors (Lipinski definition) is 1. The van der Waals surface area contributed by atoms with Crippen LogP contribution in [0.4, 0.5) is 0 Å². The van der Waals surface area contributed by atoms with Gasteiger partial charge in [0.25, 0.3) is 5.56 Å². The summed E-state index contributed by atoms with van der Waals surface area (Å²) >= 11 is 9.24. The summed E-state index contributed by atoms with van der Waals surface area (Å²) in [4.78, 5) is 14.3. The van der Waals surface area contributed by atoms with Crippen LogP contribution in [-0.4, -0.2) is 4.98 Å². The highest BCUT2D eigenvalue weighted by molar-refractivity contribution is 9.10. The van der Waals surface area contributed by atoms with E-state index in [-0.39, 0.29) is 5.56 Å². The van der Waals surface area contributed by atoms with Crippen molar-refractivity contribution in [1.29, 1.82) is 0 Å². The first kappa shape index (κ1) is 9.74. The fraction of sp³-hybridized carbons (Fsp3) is 0.100. The molecule has 0 spiro atoms. The molecule has 0 unspecified atom stereocenters. The number of benzene rings is 1. The molecule has 0 radical (unpaired) electrons. The third-order valence-electron chi connectivity index (χ3n) is 2.09. The van der Waals surface area contributed by atoms with Crippen LogP contribution in [0.3, 0.4) is 0 Å². The second-order valence-electron chi connectivity index (χ2n) is 3.08. The van der Waals surface area contributed by atoms with E-state index in [0.29, 0.717) is 10.4 Å². The van der Waals surface area contributed by atoms with Gasteiger partial charge >= 0.3 is 0 Å². The second-order valence-corrected chi connectivity index (χ2v) is 4.31. The molecule has 0 fully saturated rings. The predicted molar refractivity (Wildman–Crippen MR) is 62.0 cm³/mol. The van der Waals surface area contributed by atoms with Gasteiger partial charge in [-0.1, -0.05) is 17.7 Å². The summed E-state index contributed by atoms with van der Waals surface area (Å²) in [6.45, 7) is 1.85. The standard InChI is InChI=1S/C10H7BrClNO/c1-5-9(11)7-3-2-6(12)4-8(7)10(14)13-5/h2-4H,1H3,(H,13,14). The molecule has 1 aromatic heterocycles. The lowest BCUT2D eigenvalue weighted by Crippen LogP contribution is -2.08. The van der Waals surface area contributed by atoms with Gasteiger partial charge in [-0.3, -0.25) is 4.79 Å². The van der Waals surface area contributed by atoms with Gasteiger partial charge in [0.15, 0.2) is 0 Å². The quantitative estimate of drug-likeness (QED) is 0.784. The molecule has 72 valence electrons. The van der Waals surface area contributed by atoms with Crippen molar-refractivity contribution in [2.24, 2.45) is 0 Å². The molecule has 1 heterocycles. The Hall–Kier alpha value is -0.800. The van der Waals surface area contributed by atoms with Crippen LogP contribution >= 0.6 is 27.5 Å². The van der Waals surface area contributed by atoms with Gasteiger partial charge in [-0.2, -0.15) is 0 Å².